The molecular weight excluding hydrogens is 246 g/mol. The number of rotatable bonds is 4. The number of benzene rings is 2. The highest BCUT2D eigenvalue weighted by Gasteiger charge is 2.03. The summed E-state index contributed by atoms with van der Waals surface area (Å²) in [5.41, 5.74) is 9.73. The molecule has 0 radical (unpaired) electrons. The maximum Gasteiger partial charge on any atom is 0.0504 e. The molecule has 0 saturated heterocycles. The summed E-state index contributed by atoms with van der Waals surface area (Å²) < 4.78 is 5.06. The van der Waals surface area contributed by atoms with Crippen LogP contribution in [0.1, 0.15) is 5.56 Å². The summed E-state index contributed by atoms with van der Waals surface area (Å²) in [5.74, 6) is 0. The first kappa shape index (κ1) is 12.9. The number of methoxy groups -OCH3 is 1. The van der Waals surface area contributed by atoms with Crippen molar-refractivity contribution >= 4 is 17.3 Å². The van der Waals surface area contributed by atoms with E-state index in [0.717, 1.165) is 24.2 Å². The Morgan fingerprint density at radius 3 is 2.44 bits per heavy atom. The van der Waals surface area contributed by atoms with Crippen LogP contribution in [0.4, 0.5) is 5.69 Å². The molecule has 0 fully saturated rings. The molecule has 18 heavy (non-hydrogen) atoms. The molecule has 0 spiro atoms. The first-order chi connectivity index (χ1) is 8.70. The lowest BCUT2D eigenvalue weighted by molar-refractivity contribution is 0.202. The first-order valence-corrected chi connectivity index (χ1v) is 6.22. The number of hydrogen-bond acceptors (Lipinski definition) is 2. The molecule has 2 aromatic rings. The Labute approximate surface area is 112 Å². The number of halogens is 1. The third kappa shape index (κ3) is 3.03. The van der Waals surface area contributed by atoms with E-state index in [9.17, 15) is 0 Å². The Hall–Kier alpha value is -1.51. The molecule has 0 unspecified atom stereocenters. The third-order valence-electron chi connectivity index (χ3n) is 2.85. The summed E-state index contributed by atoms with van der Waals surface area (Å²) in [6.45, 7) is 0.738. The van der Waals surface area contributed by atoms with Crippen molar-refractivity contribution in [1.82, 2.24) is 0 Å². The molecule has 0 aliphatic heterocycles. The zero-order valence-corrected chi connectivity index (χ0v) is 11.1. The van der Waals surface area contributed by atoms with E-state index in [2.05, 4.69) is 24.3 Å². The van der Waals surface area contributed by atoms with Gasteiger partial charge in [-0.2, -0.15) is 0 Å². The van der Waals surface area contributed by atoms with Gasteiger partial charge in [-0.1, -0.05) is 41.9 Å². The van der Waals surface area contributed by atoms with Crippen LogP contribution >= 0.6 is 11.6 Å². The highest BCUT2D eigenvalue weighted by molar-refractivity contribution is 6.33. The Kier molecular flexibility index (Phi) is 4.24. The summed E-state index contributed by atoms with van der Waals surface area (Å²) in [7, 11) is 1.71. The van der Waals surface area contributed by atoms with Gasteiger partial charge in [0.25, 0.3) is 0 Å². The average molecular weight is 262 g/mol. The molecule has 0 aromatic heterocycles. The fraction of sp³-hybridized carbons (Fsp3) is 0.200. The summed E-state index contributed by atoms with van der Waals surface area (Å²) in [6, 6.07) is 13.9. The lowest BCUT2D eigenvalue weighted by atomic mass is 10.0. The second-order valence-electron chi connectivity index (χ2n) is 4.18. The minimum atomic E-state index is 0.680. The molecule has 0 atom stereocenters. The molecule has 0 heterocycles. The van der Waals surface area contributed by atoms with Crippen LogP contribution in [0, 0.1) is 0 Å². The molecule has 0 aliphatic rings. The van der Waals surface area contributed by atoms with Crippen molar-refractivity contribution in [2.45, 2.75) is 6.42 Å². The van der Waals surface area contributed by atoms with Crippen LogP contribution in [0.5, 0.6) is 0 Å². The van der Waals surface area contributed by atoms with E-state index >= 15 is 0 Å². The Balaban J connectivity index is 2.23. The number of nitrogens with two attached hydrogens (primary N) is 1. The molecule has 0 amide bonds. The van der Waals surface area contributed by atoms with Gasteiger partial charge >= 0.3 is 0 Å². The molecule has 94 valence electrons. The number of anilines is 1. The Morgan fingerprint density at radius 2 is 1.83 bits per heavy atom. The monoisotopic (exact) mass is 261 g/mol. The number of nitrogen functional groups attached to an aromatic ring is 1. The van der Waals surface area contributed by atoms with Gasteiger partial charge in [-0.25, -0.2) is 0 Å². The maximum absolute atomic E-state index is 6.19. The standard InChI is InChI=1S/C15H16ClNO/c1-18-9-8-11-2-4-12(5-3-11)14-7-6-13(17)10-15(14)16/h2-7,10H,8-9,17H2,1H3. The maximum atomic E-state index is 6.19. The van der Waals surface area contributed by atoms with E-state index in [0.29, 0.717) is 10.7 Å². The minimum absolute atomic E-state index is 0.680. The van der Waals surface area contributed by atoms with E-state index in [1.165, 1.54) is 5.56 Å². The smallest absolute Gasteiger partial charge is 0.0504 e. The van der Waals surface area contributed by atoms with Crippen molar-refractivity contribution in [2.24, 2.45) is 0 Å². The summed E-state index contributed by atoms with van der Waals surface area (Å²) in [4.78, 5) is 0. The van der Waals surface area contributed by atoms with E-state index in [-0.39, 0.29) is 0 Å². The zero-order valence-electron chi connectivity index (χ0n) is 10.3. The summed E-state index contributed by atoms with van der Waals surface area (Å²) in [6.07, 6.45) is 0.923. The van der Waals surface area contributed by atoms with Gasteiger partial charge in [0, 0.05) is 18.4 Å². The van der Waals surface area contributed by atoms with Crippen LogP contribution in [-0.2, 0) is 11.2 Å². The first-order valence-electron chi connectivity index (χ1n) is 5.84. The van der Waals surface area contributed by atoms with Gasteiger partial charge in [-0.05, 0) is 29.7 Å². The van der Waals surface area contributed by atoms with Gasteiger partial charge in [0.05, 0.1) is 11.6 Å². The Morgan fingerprint density at radius 1 is 1.11 bits per heavy atom. The molecule has 0 bridgehead atoms. The van der Waals surface area contributed by atoms with Gasteiger partial charge in [-0.3, -0.25) is 0 Å². The SMILES string of the molecule is COCCc1ccc(-c2ccc(N)cc2Cl)cc1. The van der Waals surface area contributed by atoms with Crippen molar-refractivity contribution in [1.29, 1.82) is 0 Å². The van der Waals surface area contributed by atoms with Crippen LogP contribution in [0.25, 0.3) is 11.1 Å². The molecule has 3 heteroatoms. The predicted molar refractivity (Wildman–Crippen MR) is 76.9 cm³/mol. The van der Waals surface area contributed by atoms with Crippen LogP contribution in [0.15, 0.2) is 42.5 Å². The highest BCUT2D eigenvalue weighted by atomic mass is 35.5. The average Bonchev–Trinajstić information content (AvgIpc) is 2.37. The quantitative estimate of drug-likeness (QED) is 0.850. The molecule has 2 rings (SSSR count). The molecule has 2 N–H and O–H groups in total. The molecule has 2 nitrogen and oxygen atoms in total. The molecule has 0 aliphatic carbocycles. The van der Waals surface area contributed by atoms with Crippen LogP contribution in [0.2, 0.25) is 5.02 Å². The fourth-order valence-corrected chi connectivity index (χ4v) is 2.13. The van der Waals surface area contributed by atoms with Crippen molar-refractivity contribution in [3.63, 3.8) is 0 Å². The largest absolute Gasteiger partial charge is 0.399 e. The van der Waals surface area contributed by atoms with E-state index < -0.39 is 0 Å². The zero-order chi connectivity index (χ0) is 13.0. The normalized spacial score (nSPS) is 10.6. The molecular formula is C15H16ClNO. The van der Waals surface area contributed by atoms with Gasteiger partial charge in [-0.15, -0.1) is 0 Å². The van der Waals surface area contributed by atoms with Crippen molar-refractivity contribution in [3.8, 4) is 11.1 Å². The highest BCUT2D eigenvalue weighted by Crippen LogP contribution is 2.29. The van der Waals surface area contributed by atoms with Gasteiger partial charge in [0.2, 0.25) is 0 Å². The molecule has 2 aromatic carbocycles. The third-order valence-corrected chi connectivity index (χ3v) is 3.17. The summed E-state index contributed by atoms with van der Waals surface area (Å²) >= 11 is 6.19. The van der Waals surface area contributed by atoms with Crippen molar-refractivity contribution < 1.29 is 4.74 Å². The van der Waals surface area contributed by atoms with Gasteiger partial charge < -0.3 is 10.5 Å². The topological polar surface area (TPSA) is 35.2 Å². The van der Waals surface area contributed by atoms with E-state index in [1.54, 1.807) is 13.2 Å². The van der Waals surface area contributed by atoms with E-state index in [1.807, 2.05) is 12.1 Å². The second kappa shape index (κ2) is 5.89. The van der Waals surface area contributed by atoms with Gasteiger partial charge in [0.1, 0.15) is 0 Å². The molecule has 0 saturated carbocycles. The second-order valence-corrected chi connectivity index (χ2v) is 4.59. The predicted octanol–water partition coefficient (Wildman–Crippen LogP) is 3.78. The van der Waals surface area contributed by atoms with Crippen LogP contribution in [0.3, 0.4) is 0 Å². The fourth-order valence-electron chi connectivity index (χ4n) is 1.84. The summed E-state index contributed by atoms with van der Waals surface area (Å²) in [5, 5.41) is 0.680. The van der Waals surface area contributed by atoms with Crippen LogP contribution in [-0.4, -0.2) is 13.7 Å². The lowest BCUT2D eigenvalue weighted by Gasteiger charge is -2.07. The van der Waals surface area contributed by atoms with E-state index in [4.69, 9.17) is 22.1 Å². The van der Waals surface area contributed by atoms with Crippen molar-refractivity contribution in [2.75, 3.05) is 19.5 Å². The van der Waals surface area contributed by atoms with Crippen LogP contribution < -0.4 is 5.73 Å². The number of ether oxygens (including phenoxy) is 1. The lowest BCUT2D eigenvalue weighted by Crippen LogP contribution is -1.94. The van der Waals surface area contributed by atoms with Crippen molar-refractivity contribution in [3.05, 3.63) is 53.1 Å². The minimum Gasteiger partial charge on any atom is -0.399 e. The van der Waals surface area contributed by atoms with Gasteiger partial charge in [0.15, 0.2) is 0 Å². The Bertz CT molecular complexity index is 523. The number of hydrogen-bond donors (Lipinski definition) is 1.